The molecule has 4 heteroatoms. The Morgan fingerprint density at radius 2 is 2.36 bits per heavy atom. The molecule has 3 nitrogen and oxygen atoms in total. The van der Waals surface area contributed by atoms with Crippen molar-refractivity contribution in [3.05, 3.63) is 0 Å². The Hall–Kier alpha value is -0.380. The topological polar surface area (TPSA) is 41.6 Å². The van der Waals surface area contributed by atoms with Gasteiger partial charge in [0, 0.05) is 30.6 Å². The van der Waals surface area contributed by atoms with Gasteiger partial charge >= 0.3 is 0 Å². The molecule has 1 saturated heterocycles. The second kappa shape index (κ2) is 5.49. The van der Waals surface area contributed by atoms with E-state index in [1.54, 1.807) is 0 Å². The number of rotatable bonds is 2. The van der Waals surface area contributed by atoms with Crippen molar-refractivity contribution in [1.82, 2.24) is 4.90 Å². The fourth-order valence-electron chi connectivity index (χ4n) is 1.55. The highest BCUT2D eigenvalue weighted by Crippen LogP contribution is 2.24. The molecule has 0 radical (unpaired) electrons. The molecule has 0 aromatic carbocycles. The van der Waals surface area contributed by atoms with Crippen molar-refractivity contribution in [2.45, 2.75) is 26.0 Å². The molecule has 1 atom stereocenters. The lowest BCUT2D eigenvalue weighted by molar-refractivity contribution is 0.389. The van der Waals surface area contributed by atoms with Crippen LogP contribution in [0, 0.1) is 5.92 Å². The number of guanidine groups is 1. The highest BCUT2D eigenvalue weighted by molar-refractivity contribution is 8.00. The second-order valence-electron chi connectivity index (χ2n) is 3.93. The molecule has 82 valence electrons. The van der Waals surface area contributed by atoms with Crippen LogP contribution in [0.1, 0.15) is 20.8 Å². The molecular formula is C10H21N3S. The van der Waals surface area contributed by atoms with E-state index in [-0.39, 0.29) is 0 Å². The highest BCUT2D eigenvalue weighted by Gasteiger charge is 2.23. The van der Waals surface area contributed by atoms with Gasteiger partial charge in [0.15, 0.2) is 5.96 Å². The van der Waals surface area contributed by atoms with Crippen LogP contribution in [-0.2, 0) is 0 Å². The van der Waals surface area contributed by atoms with Gasteiger partial charge in [0.1, 0.15) is 0 Å². The summed E-state index contributed by atoms with van der Waals surface area (Å²) in [6, 6.07) is 0. The number of thioether (sulfide) groups is 1. The van der Waals surface area contributed by atoms with Crippen LogP contribution in [0.15, 0.2) is 4.99 Å². The summed E-state index contributed by atoms with van der Waals surface area (Å²) >= 11 is 2.06. The number of hydrogen-bond donors (Lipinski definition) is 1. The van der Waals surface area contributed by atoms with Crippen LogP contribution in [0.4, 0.5) is 0 Å². The van der Waals surface area contributed by atoms with Crippen LogP contribution < -0.4 is 5.73 Å². The maximum Gasteiger partial charge on any atom is 0.191 e. The number of hydrogen-bond acceptors (Lipinski definition) is 2. The highest BCUT2D eigenvalue weighted by atomic mass is 32.2. The molecule has 14 heavy (non-hydrogen) atoms. The predicted molar refractivity (Wildman–Crippen MR) is 64.8 cm³/mol. The fraction of sp³-hybridized carbons (Fsp3) is 0.900. The number of nitrogens with two attached hydrogens (primary N) is 1. The molecule has 0 aliphatic carbocycles. The first-order valence-electron chi connectivity index (χ1n) is 5.31. The lowest BCUT2D eigenvalue weighted by Gasteiger charge is -2.34. The minimum atomic E-state index is 0.703. The van der Waals surface area contributed by atoms with Crippen molar-refractivity contribution in [1.29, 1.82) is 0 Å². The monoisotopic (exact) mass is 215 g/mol. The normalized spacial score (nSPS) is 24.4. The third kappa shape index (κ3) is 3.08. The van der Waals surface area contributed by atoms with Crippen molar-refractivity contribution in [3.63, 3.8) is 0 Å². The van der Waals surface area contributed by atoms with Crippen LogP contribution >= 0.6 is 11.8 Å². The summed E-state index contributed by atoms with van der Waals surface area (Å²) in [6.45, 7) is 9.44. The van der Waals surface area contributed by atoms with Gasteiger partial charge in [-0.2, -0.15) is 11.8 Å². The van der Waals surface area contributed by atoms with Crippen molar-refractivity contribution in [2.24, 2.45) is 16.6 Å². The van der Waals surface area contributed by atoms with E-state index in [2.05, 4.69) is 35.5 Å². The fourth-order valence-corrected chi connectivity index (χ4v) is 2.85. The summed E-state index contributed by atoms with van der Waals surface area (Å²) in [5, 5.41) is 0.703. The molecule has 1 heterocycles. The third-order valence-corrected chi connectivity index (χ3v) is 4.02. The average molecular weight is 215 g/mol. The third-order valence-electron chi connectivity index (χ3n) is 2.48. The zero-order valence-corrected chi connectivity index (χ0v) is 10.2. The van der Waals surface area contributed by atoms with Gasteiger partial charge in [0.25, 0.3) is 0 Å². The van der Waals surface area contributed by atoms with E-state index < -0.39 is 0 Å². The molecule has 1 aliphatic heterocycles. The molecule has 1 unspecified atom stereocenters. The first-order chi connectivity index (χ1) is 6.65. The zero-order chi connectivity index (χ0) is 10.6. The van der Waals surface area contributed by atoms with Crippen LogP contribution in [0.25, 0.3) is 0 Å². The Morgan fingerprint density at radius 1 is 1.64 bits per heavy atom. The van der Waals surface area contributed by atoms with Crippen LogP contribution in [0.3, 0.4) is 0 Å². The van der Waals surface area contributed by atoms with Crippen molar-refractivity contribution >= 4 is 17.7 Å². The minimum Gasteiger partial charge on any atom is -0.370 e. The van der Waals surface area contributed by atoms with Crippen molar-refractivity contribution in [3.8, 4) is 0 Å². The molecule has 1 rings (SSSR count). The molecule has 0 aromatic heterocycles. The zero-order valence-electron chi connectivity index (χ0n) is 9.36. The van der Waals surface area contributed by atoms with Crippen molar-refractivity contribution < 1.29 is 0 Å². The molecule has 1 aliphatic rings. The van der Waals surface area contributed by atoms with E-state index >= 15 is 0 Å². The molecule has 0 bridgehead atoms. The molecule has 0 aromatic rings. The van der Waals surface area contributed by atoms with Gasteiger partial charge in [-0.15, -0.1) is 0 Å². The Labute approximate surface area is 91.1 Å². The van der Waals surface area contributed by atoms with E-state index in [9.17, 15) is 0 Å². The summed E-state index contributed by atoms with van der Waals surface area (Å²) < 4.78 is 0. The van der Waals surface area contributed by atoms with Gasteiger partial charge in [-0.05, 0) is 12.8 Å². The Balaban J connectivity index is 2.51. The molecule has 0 amide bonds. The molecule has 2 N–H and O–H groups in total. The Morgan fingerprint density at radius 3 is 2.93 bits per heavy atom. The summed E-state index contributed by atoms with van der Waals surface area (Å²) in [6.07, 6.45) is 0. The predicted octanol–water partition coefficient (Wildman–Crippen LogP) is 1.39. The van der Waals surface area contributed by atoms with E-state index in [0.29, 0.717) is 5.25 Å². The maximum atomic E-state index is 5.89. The van der Waals surface area contributed by atoms with E-state index in [4.69, 9.17) is 5.73 Å². The lowest BCUT2D eigenvalue weighted by Crippen LogP contribution is -2.47. The molecule has 1 fully saturated rings. The molecule has 0 spiro atoms. The first kappa shape index (κ1) is 11.7. The Kier molecular flexibility index (Phi) is 4.58. The Bertz CT molecular complexity index is 204. The first-order valence-corrected chi connectivity index (χ1v) is 6.36. The van der Waals surface area contributed by atoms with Gasteiger partial charge in [0.2, 0.25) is 0 Å². The molecule has 0 saturated carbocycles. The summed E-state index contributed by atoms with van der Waals surface area (Å²) in [5.74, 6) is 2.61. The smallest absolute Gasteiger partial charge is 0.191 e. The number of aliphatic imine (C=N–C) groups is 1. The largest absolute Gasteiger partial charge is 0.370 e. The van der Waals surface area contributed by atoms with Crippen LogP contribution in [-0.4, -0.2) is 41.5 Å². The van der Waals surface area contributed by atoms with Gasteiger partial charge in [-0.25, -0.2) is 0 Å². The van der Waals surface area contributed by atoms with Gasteiger partial charge < -0.3 is 10.6 Å². The minimum absolute atomic E-state index is 0.703. The average Bonchev–Trinajstić information content (AvgIpc) is 2.18. The van der Waals surface area contributed by atoms with Gasteiger partial charge in [-0.1, -0.05) is 13.8 Å². The van der Waals surface area contributed by atoms with Crippen LogP contribution in [0.5, 0.6) is 0 Å². The van der Waals surface area contributed by atoms with E-state index in [1.807, 2.05) is 6.92 Å². The number of nitrogens with zero attached hydrogens (tertiary/aromatic N) is 2. The SMILES string of the molecule is CCN=C(N)N1CCSC(C(C)C)C1. The molecular weight excluding hydrogens is 194 g/mol. The van der Waals surface area contributed by atoms with E-state index in [0.717, 1.165) is 31.5 Å². The quantitative estimate of drug-likeness (QED) is 0.559. The van der Waals surface area contributed by atoms with Gasteiger partial charge in [-0.3, -0.25) is 4.99 Å². The maximum absolute atomic E-state index is 5.89. The van der Waals surface area contributed by atoms with Crippen molar-refractivity contribution in [2.75, 3.05) is 25.4 Å². The van der Waals surface area contributed by atoms with Gasteiger partial charge in [0.05, 0.1) is 0 Å². The lowest BCUT2D eigenvalue weighted by atomic mass is 10.1. The van der Waals surface area contributed by atoms with Crippen LogP contribution in [0.2, 0.25) is 0 Å². The summed E-state index contributed by atoms with van der Waals surface area (Å²) in [7, 11) is 0. The second-order valence-corrected chi connectivity index (χ2v) is 5.28. The summed E-state index contributed by atoms with van der Waals surface area (Å²) in [5.41, 5.74) is 5.89. The summed E-state index contributed by atoms with van der Waals surface area (Å²) in [4.78, 5) is 6.47. The standard InChI is InChI=1S/C10H21N3S/c1-4-12-10(11)13-5-6-14-9(7-13)8(2)3/h8-9H,4-7H2,1-3H3,(H2,11,12). The van der Waals surface area contributed by atoms with E-state index in [1.165, 1.54) is 5.75 Å².